The number of carbonyl (C=O) groups is 2. The zero-order chi connectivity index (χ0) is 29.8. The maximum Gasteiger partial charge on any atom is 0.220 e. The third-order valence-corrected chi connectivity index (χ3v) is 6.09. The summed E-state index contributed by atoms with van der Waals surface area (Å²) in [6.07, 6.45) is 4.79. The van der Waals surface area contributed by atoms with E-state index >= 15 is 0 Å². The molecule has 0 unspecified atom stereocenters. The van der Waals surface area contributed by atoms with Gasteiger partial charge in [-0.05, 0) is 60.8 Å². The molecule has 222 valence electrons. The standard InChI is InChI=1S/C25H44N12O3/c1-24(2,3)36(23(39)40)15-8-11-27-22(38)10-7-14-35-18-20(29-32-35)16-34(13-9-12-28-31-26)17-21-19-37(33-30-21)25(4,5)6/h18-19,26H,7-17H2,1-6H3,(H-,27,38,39,40). The zero-order valence-corrected chi connectivity index (χ0v) is 24.6. The van der Waals surface area contributed by atoms with E-state index < -0.39 is 11.6 Å². The van der Waals surface area contributed by atoms with Gasteiger partial charge in [0.15, 0.2) is 0 Å². The fourth-order valence-electron chi connectivity index (χ4n) is 3.96. The number of aromatic nitrogens is 6. The molecule has 15 heteroatoms. The van der Waals surface area contributed by atoms with Gasteiger partial charge in [-0.2, -0.15) is 0 Å². The number of rotatable bonds is 16. The normalized spacial score (nSPS) is 11.9. The number of hydrogen-bond acceptors (Lipinski definition) is 10. The first-order valence-electron chi connectivity index (χ1n) is 13.6. The van der Waals surface area contributed by atoms with Crippen LogP contribution in [0.15, 0.2) is 17.5 Å². The van der Waals surface area contributed by atoms with Crippen molar-refractivity contribution in [3.63, 3.8) is 0 Å². The SMILES string of the molecule is CC(C)(C)N(CCCNC(=O)CCCn1cc(CN(CCCN=[N+]=N)Cc2cn(C(C)(C)C)nn2)nn1)C(=O)[O-]. The van der Waals surface area contributed by atoms with Gasteiger partial charge in [0.25, 0.3) is 0 Å². The number of amides is 2. The maximum atomic E-state index is 12.2. The van der Waals surface area contributed by atoms with Crippen LogP contribution >= 0.6 is 0 Å². The summed E-state index contributed by atoms with van der Waals surface area (Å²) in [5, 5.41) is 34.9. The molecule has 0 radical (unpaired) electrons. The van der Waals surface area contributed by atoms with Crippen molar-refractivity contribution in [3.05, 3.63) is 23.8 Å². The van der Waals surface area contributed by atoms with Crippen LogP contribution in [-0.2, 0) is 30.0 Å². The first-order valence-corrected chi connectivity index (χ1v) is 13.6. The summed E-state index contributed by atoms with van der Waals surface area (Å²) in [6, 6.07) is 0. The van der Waals surface area contributed by atoms with Gasteiger partial charge in [0.05, 0.1) is 23.1 Å². The molecule has 0 saturated carbocycles. The van der Waals surface area contributed by atoms with Crippen LogP contribution in [-0.4, -0.2) is 83.5 Å². The summed E-state index contributed by atoms with van der Waals surface area (Å²) in [5.74, 6) is -0.0876. The highest BCUT2D eigenvalue weighted by Gasteiger charge is 2.20. The Morgan fingerprint density at radius 2 is 1.70 bits per heavy atom. The summed E-state index contributed by atoms with van der Waals surface area (Å²) in [5.41, 5.74) is 7.78. The average Bonchev–Trinajstić information content (AvgIpc) is 3.50. The summed E-state index contributed by atoms with van der Waals surface area (Å²) < 4.78 is 3.57. The summed E-state index contributed by atoms with van der Waals surface area (Å²) in [7, 11) is 0. The largest absolute Gasteiger partial charge is 0.530 e. The Balaban J connectivity index is 1.81. The molecule has 0 aliphatic heterocycles. The molecule has 0 fully saturated rings. The summed E-state index contributed by atoms with van der Waals surface area (Å²) >= 11 is 0. The topological polar surface area (TPSA) is 187 Å². The molecule has 0 bridgehead atoms. The number of hydrogen-bond donors (Lipinski definition) is 2. The quantitative estimate of drug-likeness (QED) is 0.174. The molecule has 0 aromatic carbocycles. The minimum Gasteiger partial charge on any atom is -0.530 e. The predicted molar refractivity (Wildman–Crippen MR) is 145 cm³/mol. The second kappa shape index (κ2) is 15.2. The van der Waals surface area contributed by atoms with Crippen molar-refractivity contribution in [3.8, 4) is 0 Å². The molecule has 2 N–H and O–H groups in total. The average molecular weight is 561 g/mol. The number of aryl methyl sites for hydroxylation is 1. The molecule has 0 atom stereocenters. The molecule has 2 heterocycles. The van der Waals surface area contributed by atoms with Crippen molar-refractivity contribution in [1.29, 1.82) is 5.53 Å². The minimum absolute atomic E-state index is 0.0876. The Morgan fingerprint density at radius 1 is 1.02 bits per heavy atom. The van der Waals surface area contributed by atoms with E-state index in [9.17, 15) is 14.7 Å². The van der Waals surface area contributed by atoms with Crippen LogP contribution in [0.5, 0.6) is 0 Å². The lowest BCUT2D eigenvalue weighted by molar-refractivity contribution is -0.270. The van der Waals surface area contributed by atoms with Gasteiger partial charge in [0.1, 0.15) is 23.3 Å². The van der Waals surface area contributed by atoms with Crippen LogP contribution in [0.2, 0.25) is 0 Å². The highest BCUT2D eigenvalue weighted by Crippen LogP contribution is 2.14. The molecule has 0 spiro atoms. The molecule has 2 aromatic rings. The smallest absolute Gasteiger partial charge is 0.220 e. The van der Waals surface area contributed by atoms with Crippen LogP contribution < -0.4 is 15.3 Å². The Hall–Kier alpha value is -3.71. The van der Waals surface area contributed by atoms with Gasteiger partial charge in [0.2, 0.25) is 10.8 Å². The van der Waals surface area contributed by atoms with Crippen LogP contribution in [0.25, 0.3) is 0 Å². The van der Waals surface area contributed by atoms with E-state index in [0.29, 0.717) is 65.1 Å². The van der Waals surface area contributed by atoms with Crippen LogP contribution in [0.4, 0.5) is 4.79 Å². The zero-order valence-electron chi connectivity index (χ0n) is 24.6. The third kappa shape index (κ3) is 11.6. The van der Waals surface area contributed by atoms with Crippen LogP contribution in [0.3, 0.4) is 0 Å². The molecule has 40 heavy (non-hydrogen) atoms. The van der Waals surface area contributed by atoms with E-state index in [1.54, 1.807) is 4.68 Å². The van der Waals surface area contributed by atoms with Gasteiger partial charge in [0, 0.05) is 57.4 Å². The van der Waals surface area contributed by atoms with Crippen molar-refractivity contribution >= 4 is 12.0 Å². The second-order valence-corrected chi connectivity index (χ2v) is 11.7. The van der Waals surface area contributed by atoms with Gasteiger partial charge >= 0.3 is 0 Å². The maximum absolute atomic E-state index is 12.2. The molecule has 0 aliphatic carbocycles. The number of carbonyl (C=O) groups excluding carboxylic acids is 2. The van der Waals surface area contributed by atoms with Gasteiger partial charge in [-0.25, -0.2) is 4.68 Å². The molecule has 2 amide bonds. The number of carboxylic acid groups (broad SMARTS) is 1. The number of nitrogens with zero attached hydrogens (tertiary/aromatic N) is 10. The third-order valence-electron chi connectivity index (χ3n) is 6.09. The van der Waals surface area contributed by atoms with Crippen molar-refractivity contribution < 1.29 is 14.7 Å². The Bertz CT molecular complexity index is 1120. The first kappa shape index (κ1) is 32.5. The van der Waals surface area contributed by atoms with Crippen molar-refractivity contribution in [1.82, 2.24) is 50.0 Å². The Labute approximate surface area is 235 Å². The summed E-state index contributed by atoms with van der Waals surface area (Å²) in [4.78, 5) is 30.0. The molecule has 0 aliphatic rings. The molecular weight excluding hydrogens is 516 g/mol. The molecule has 15 nitrogen and oxygen atoms in total. The van der Waals surface area contributed by atoms with Crippen molar-refractivity contribution in [2.75, 3.05) is 26.2 Å². The monoisotopic (exact) mass is 560 g/mol. The van der Waals surface area contributed by atoms with Crippen molar-refractivity contribution in [2.24, 2.45) is 5.11 Å². The van der Waals surface area contributed by atoms with E-state index in [4.69, 9.17) is 5.53 Å². The Kier molecular flexibility index (Phi) is 12.3. The lowest BCUT2D eigenvalue weighted by Gasteiger charge is -2.37. The highest BCUT2D eigenvalue weighted by molar-refractivity contribution is 5.75. The van der Waals surface area contributed by atoms with Crippen molar-refractivity contribution in [2.45, 2.75) is 97.9 Å². The van der Waals surface area contributed by atoms with Gasteiger partial charge in [-0.1, -0.05) is 10.4 Å². The van der Waals surface area contributed by atoms with Crippen LogP contribution in [0, 0.1) is 5.53 Å². The molecule has 2 rings (SSSR count). The predicted octanol–water partition coefficient (Wildman–Crippen LogP) is 1.30. The second-order valence-electron chi connectivity index (χ2n) is 11.7. The fourth-order valence-corrected chi connectivity index (χ4v) is 3.96. The summed E-state index contributed by atoms with van der Waals surface area (Å²) in [6.45, 7) is 15.2. The van der Waals surface area contributed by atoms with E-state index in [0.717, 1.165) is 17.8 Å². The number of nitrogens with one attached hydrogen (secondary N) is 2. The van der Waals surface area contributed by atoms with Gasteiger partial charge in [-0.3, -0.25) is 14.4 Å². The Morgan fingerprint density at radius 3 is 2.30 bits per heavy atom. The lowest BCUT2D eigenvalue weighted by atomic mass is 10.1. The van der Waals surface area contributed by atoms with E-state index in [1.165, 1.54) is 4.90 Å². The van der Waals surface area contributed by atoms with Crippen LogP contribution in [0.1, 0.15) is 78.6 Å². The fraction of sp³-hybridized carbons (Fsp3) is 0.760. The van der Waals surface area contributed by atoms with E-state index in [-0.39, 0.29) is 11.4 Å². The van der Waals surface area contributed by atoms with E-state index in [1.807, 2.05) is 37.8 Å². The van der Waals surface area contributed by atoms with E-state index in [2.05, 4.69) is 61.6 Å². The van der Waals surface area contributed by atoms with Gasteiger partial charge < -0.3 is 20.1 Å². The molecule has 2 aromatic heterocycles. The highest BCUT2D eigenvalue weighted by atomic mass is 16.4. The lowest BCUT2D eigenvalue weighted by Crippen LogP contribution is -2.52. The molecular formula is C25H44N12O3. The van der Waals surface area contributed by atoms with Gasteiger partial charge in [-0.15, -0.1) is 10.2 Å². The minimum atomic E-state index is -1.21. The molecule has 0 saturated heterocycles. The first-order chi connectivity index (χ1) is 18.8.